The first-order chi connectivity index (χ1) is 23.6. The topological polar surface area (TPSA) is 36.9 Å². The van der Waals surface area contributed by atoms with E-state index in [-0.39, 0.29) is 11.8 Å². The molecule has 0 atom stereocenters. The molecule has 0 N–H and O–H groups in total. The van der Waals surface area contributed by atoms with Crippen LogP contribution < -0.4 is 18.9 Å². The van der Waals surface area contributed by atoms with E-state index in [4.69, 9.17) is 18.9 Å². The van der Waals surface area contributed by atoms with Gasteiger partial charge in [-0.05, 0) is 81.9 Å². The van der Waals surface area contributed by atoms with Crippen molar-refractivity contribution in [2.24, 2.45) is 0 Å². The fourth-order valence-corrected chi connectivity index (χ4v) is 5.68. The van der Waals surface area contributed by atoms with Gasteiger partial charge in [-0.2, -0.15) is 0 Å². The largest absolute Gasteiger partial charge is 0.490 e. The number of hydrogen-bond acceptors (Lipinski definition) is 4. The van der Waals surface area contributed by atoms with Gasteiger partial charge in [0.2, 0.25) is 0 Å². The monoisotopic (exact) mass is 634 g/mol. The molecule has 0 aliphatic carbocycles. The van der Waals surface area contributed by atoms with Crippen LogP contribution in [0.4, 0.5) is 0 Å². The summed E-state index contributed by atoms with van der Waals surface area (Å²) in [7, 11) is 0. The highest BCUT2D eigenvalue weighted by atomic mass is 16.5. The minimum absolute atomic E-state index is 0.00185. The molecule has 0 saturated heterocycles. The van der Waals surface area contributed by atoms with Gasteiger partial charge in [0.05, 0.1) is 0 Å². The second-order valence-electron chi connectivity index (χ2n) is 11.2. The first kappa shape index (κ1) is 33.6. The number of hydrogen-bond donors (Lipinski definition) is 0. The van der Waals surface area contributed by atoms with E-state index in [1.54, 1.807) is 24.3 Å². The smallest absolute Gasteiger partial charge is 0.119 e. The summed E-state index contributed by atoms with van der Waals surface area (Å²) >= 11 is 0. The Morgan fingerprint density at radius 3 is 0.646 bits per heavy atom. The third kappa shape index (κ3) is 8.74. The molecule has 0 spiro atoms. The van der Waals surface area contributed by atoms with Crippen molar-refractivity contribution in [3.05, 3.63) is 205 Å². The first-order valence-corrected chi connectivity index (χ1v) is 16.1. The van der Waals surface area contributed by atoms with Gasteiger partial charge < -0.3 is 18.9 Å². The Balaban J connectivity index is 1.51. The van der Waals surface area contributed by atoms with Gasteiger partial charge in [0.1, 0.15) is 49.4 Å². The highest BCUT2D eigenvalue weighted by Gasteiger charge is 2.21. The van der Waals surface area contributed by atoms with Crippen LogP contribution in [0.5, 0.6) is 23.0 Å². The molecule has 5 rings (SSSR count). The highest BCUT2D eigenvalue weighted by Crippen LogP contribution is 2.38. The van der Waals surface area contributed by atoms with Crippen molar-refractivity contribution in [2.75, 3.05) is 26.4 Å². The quantitative estimate of drug-likeness (QED) is 0.0710. The van der Waals surface area contributed by atoms with Gasteiger partial charge in [-0.3, -0.25) is 0 Å². The Bertz CT molecular complexity index is 1510. The van der Waals surface area contributed by atoms with Gasteiger partial charge >= 0.3 is 0 Å². The maximum atomic E-state index is 5.77. The molecule has 0 aliphatic rings. The summed E-state index contributed by atoms with van der Waals surface area (Å²) in [6, 6.07) is 42.1. The summed E-state index contributed by atoms with van der Waals surface area (Å²) in [5.41, 5.74) is 7.01. The molecule has 0 fully saturated rings. The van der Waals surface area contributed by atoms with E-state index in [9.17, 15) is 0 Å². The number of benzene rings is 5. The number of rotatable bonds is 18. The molecule has 0 heterocycles. The van der Waals surface area contributed by atoms with Gasteiger partial charge in [0, 0.05) is 11.8 Å². The average molecular weight is 635 g/mol. The van der Waals surface area contributed by atoms with Crippen molar-refractivity contribution in [1.29, 1.82) is 0 Å². The molecule has 4 nitrogen and oxygen atoms in total. The van der Waals surface area contributed by atoms with Crippen molar-refractivity contribution in [1.82, 2.24) is 0 Å². The lowest BCUT2D eigenvalue weighted by atomic mass is 9.81. The van der Waals surface area contributed by atoms with Gasteiger partial charge in [0.25, 0.3) is 0 Å². The van der Waals surface area contributed by atoms with Gasteiger partial charge in [-0.25, -0.2) is 0 Å². The van der Waals surface area contributed by atoms with Crippen LogP contribution in [0.2, 0.25) is 0 Å². The molecule has 5 aromatic rings. The van der Waals surface area contributed by atoms with E-state index in [1.807, 2.05) is 48.5 Å². The minimum atomic E-state index is 0.00185. The average Bonchev–Trinajstić information content (AvgIpc) is 3.14. The zero-order valence-electron chi connectivity index (χ0n) is 27.3. The summed E-state index contributed by atoms with van der Waals surface area (Å²) in [5.74, 6) is 3.25. The van der Waals surface area contributed by atoms with Gasteiger partial charge in [0.15, 0.2) is 0 Å². The Hall–Kier alpha value is -5.74. The molecule has 5 aromatic carbocycles. The molecule has 0 amide bonds. The van der Waals surface area contributed by atoms with E-state index in [0.29, 0.717) is 26.4 Å². The summed E-state index contributed by atoms with van der Waals surface area (Å²) < 4.78 is 23.1. The van der Waals surface area contributed by atoms with Crippen molar-refractivity contribution in [2.45, 2.75) is 11.8 Å². The molecule has 4 heteroatoms. The Morgan fingerprint density at radius 2 is 0.479 bits per heavy atom. The lowest BCUT2D eigenvalue weighted by Gasteiger charge is -2.23. The Kier molecular flexibility index (Phi) is 12.1. The van der Waals surface area contributed by atoms with Crippen molar-refractivity contribution in [3.8, 4) is 23.0 Å². The lowest BCUT2D eigenvalue weighted by Crippen LogP contribution is -2.07. The molecule has 0 saturated carbocycles. The van der Waals surface area contributed by atoms with Crippen LogP contribution in [-0.2, 0) is 0 Å². The van der Waals surface area contributed by atoms with E-state index >= 15 is 0 Å². The van der Waals surface area contributed by atoms with E-state index in [2.05, 4.69) is 99.1 Å². The first-order valence-electron chi connectivity index (χ1n) is 16.1. The molecule has 48 heavy (non-hydrogen) atoms. The third-order valence-electron chi connectivity index (χ3n) is 7.93. The third-order valence-corrected chi connectivity index (χ3v) is 7.93. The van der Waals surface area contributed by atoms with Crippen LogP contribution in [0, 0.1) is 0 Å². The SMILES string of the molecule is C=CCOc1ccc(C(c2ccc(OCC=C)cc2)c2ccc(C(c3ccc(OCC=C)cc3)c3ccc(OCC=C)cc3)cc2)cc1. The predicted octanol–water partition coefficient (Wildman–Crippen LogP) is 10.3. The Labute approximate surface area is 284 Å². The molecule has 0 aromatic heterocycles. The molecular formula is C44H42O4. The van der Waals surface area contributed by atoms with Crippen molar-refractivity contribution in [3.63, 3.8) is 0 Å². The summed E-state index contributed by atoms with van der Waals surface area (Å²) in [4.78, 5) is 0. The molecule has 242 valence electrons. The fourth-order valence-electron chi connectivity index (χ4n) is 5.68. The van der Waals surface area contributed by atoms with Crippen molar-refractivity contribution < 1.29 is 18.9 Å². The van der Waals surface area contributed by atoms with Crippen LogP contribution in [0.3, 0.4) is 0 Å². The van der Waals surface area contributed by atoms with E-state index in [0.717, 1.165) is 45.3 Å². The fraction of sp³-hybridized carbons (Fsp3) is 0.136. The van der Waals surface area contributed by atoms with Gasteiger partial charge in [-0.15, -0.1) is 0 Å². The molecule has 0 unspecified atom stereocenters. The lowest BCUT2D eigenvalue weighted by molar-refractivity contribution is 0.363. The van der Waals surface area contributed by atoms with Crippen molar-refractivity contribution >= 4 is 0 Å². The maximum Gasteiger partial charge on any atom is 0.119 e. The zero-order valence-corrected chi connectivity index (χ0v) is 27.3. The second-order valence-corrected chi connectivity index (χ2v) is 11.2. The van der Waals surface area contributed by atoms with Crippen LogP contribution in [0.25, 0.3) is 0 Å². The molecule has 0 aliphatic heterocycles. The van der Waals surface area contributed by atoms with Gasteiger partial charge in [-0.1, -0.05) is 123 Å². The molecule has 0 bridgehead atoms. The summed E-state index contributed by atoms with van der Waals surface area (Å²) in [6.45, 7) is 16.9. The van der Waals surface area contributed by atoms with Crippen LogP contribution in [0.15, 0.2) is 172 Å². The second kappa shape index (κ2) is 17.3. The van der Waals surface area contributed by atoms with E-state index < -0.39 is 0 Å². The Morgan fingerprint density at radius 1 is 0.312 bits per heavy atom. The van der Waals surface area contributed by atoms with E-state index in [1.165, 1.54) is 11.1 Å². The normalized spacial score (nSPS) is 10.7. The van der Waals surface area contributed by atoms with Crippen LogP contribution in [-0.4, -0.2) is 26.4 Å². The minimum Gasteiger partial charge on any atom is -0.490 e. The van der Waals surface area contributed by atoms with Crippen LogP contribution in [0.1, 0.15) is 45.2 Å². The standard InChI is InChI=1S/C44H42O4/c1-5-29-45-39-21-13-35(14-22-39)43(36-15-23-40(24-16-36)46-30-6-2)33-9-11-34(12-10-33)44(37-17-25-41(26-18-37)47-31-7-3)38-19-27-42(28-20-38)48-32-8-4/h5-28,43-44H,1-4,29-32H2. The summed E-state index contributed by atoms with van der Waals surface area (Å²) in [5, 5.41) is 0. The predicted molar refractivity (Wildman–Crippen MR) is 197 cm³/mol. The highest BCUT2D eigenvalue weighted by molar-refractivity contribution is 5.50. The molecule has 0 radical (unpaired) electrons. The summed E-state index contributed by atoms with van der Waals surface area (Å²) in [6.07, 6.45) is 6.99. The molecular weight excluding hydrogens is 592 g/mol. The maximum absolute atomic E-state index is 5.77. The van der Waals surface area contributed by atoms with Crippen LogP contribution >= 0.6 is 0 Å². The zero-order chi connectivity index (χ0) is 33.6. The number of ether oxygens (including phenoxy) is 4.